The molecule has 3 rings (SSSR count). The standard InChI is InChI=1S/C20H16N4O2/c1-26-20(25)17(11-21)10-18-14-24(13-15-6-3-2-4-7-15)23-19(18)16-8-5-9-22-12-16/h2-10,12,14H,13H2,1H3/b17-10+. The summed E-state index contributed by atoms with van der Waals surface area (Å²) in [7, 11) is 1.24. The molecular weight excluding hydrogens is 328 g/mol. The van der Waals surface area contributed by atoms with Gasteiger partial charge in [0, 0.05) is 29.7 Å². The lowest BCUT2D eigenvalue weighted by Gasteiger charge is -2.01. The number of benzene rings is 1. The highest BCUT2D eigenvalue weighted by Gasteiger charge is 2.14. The normalized spacial score (nSPS) is 11.0. The van der Waals surface area contributed by atoms with Gasteiger partial charge in [0.2, 0.25) is 0 Å². The fraction of sp³-hybridized carbons (Fsp3) is 0.100. The van der Waals surface area contributed by atoms with Crippen LogP contribution in [0.5, 0.6) is 0 Å². The number of esters is 1. The highest BCUT2D eigenvalue weighted by Crippen LogP contribution is 2.24. The highest BCUT2D eigenvalue weighted by atomic mass is 16.5. The van der Waals surface area contributed by atoms with Crippen LogP contribution in [0, 0.1) is 11.3 Å². The van der Waals surface area contributed by atoms with Gasteiger partial charge in [0.25, 0.3) is 0 Å². The number of carbonyl (C=O) groups is 1. The van der Waals surface area contributed by atoms with Crippen LogP contribution in [0.25, 0.3) is 17.3 Å². The van der Waals surface area contributed by atoms with Crippen LogP contribution in [0.1, 0.15) is 11.1 Å². The Balaban J connectivity index is 2.05. The summed E-state index contributed by atoms with van der Waals surface area (Å²) in [6.07, 6.45) is 6.66. The fourth-order valence-electron chi connectivity index (χ4n) is 2.52. The molecule has 0 radical (unpaired) electrons. The zero-order valence-corrected chi connectivity index (χ0v) is 14.2. The van der Waals surface area contributed by atoms with Gasteiger partial charge in [-0.3, -0.25) is 9.67 Å². The van der Waals surface area contributed by atoms with E-state index >= 15 is 0 Å². The summed E-state index contributed by atoms with van der Waals surface area (Å²) in [6, 6.07) is 15.5. The minimum atomic E-state index is -0.680. The number of hydrogen-bond acceptors (Lipinski definition) is 5. The molecular formula is C20H16N4O2. The molecule has 0 fully saturated rings. The average Bonchev–Trinajstić information content (AvgIpc) is 3.09. The van der Waals surface area contributed by atoms with E-state index in [-0.39, 0.29) is 5.57 Å². The van der Waals surface area contributed by atoms with Crippen LogP contribution in [0.15, 0.2) is 66.6 Å². The van der Waals surface area contributed by atoms with Crippen LogP contribution in [0.2, 0.25) is 0 Å². The zero-order chi connectivity index (χ0) is 18.4. The Bertz CT molecular complexity index is 970. The van der Waals surface area contributed by atoms with Gasteiger partial charge in [-0.15, -0.1) is 0 Å². The Hall–Kier alpha value is -3.72. The summed E-state index contributed by atoms with van der Waals surface area (Å²) >= 11 is 0. The fourth-order valence-corrected chi connectivity index (χ4v) is 2.52. The summed E-state index contributed by atoms with van der Waals surface area (Å²) in [5, 5.41) is 13.9. The molecule has 2 heterocycles. The number of aromatic nitrogens is 3. The van der Waals surface area contributed by atoms with E-state index in [1.165, 1.54) is 13.2 Å². The van der Waals surface area contributed by atoms with E-state index in [9.17, 15) is 10.1 Å². The molecule has 0 atom stereocenters. The van der Waals surface area contributed by atoms with Gasteiger partial charge >= 0.3 is 5.97 Å². The quantitative estimate of drug-likeness (QED) is 0.404. The number of rotatable bonds is 5. The molecule has 1 aromatic carbocycles. The van der Waals surface area contributed by atoms with E-state index < -0.39 is 5.97 Å². The molecule has 0 unspecified atom stereocenters. The largest absolute Gasteiger partial charge is 0.465 e. The van der Waals surface area contributed by atoms with Crippen LogP contribution in [0.3, 0.4) is 0 Å². The molecule has 128 valence electrons. The van der Waals surface area contributed by atoms with E-state index in [2.05, 4.69) is 14.8 Å². The molecule has 3 aromatic rings. The smallest absolute Gasteiger partial charge is 0.348 e. The van der Waals surface area contributed by atoms with Gasteiger partial charge in [-0.2, -0.15) is 10.4 Å². The number of nitrogens with zero attached hydrogens (tertiary/aromatic N) is 4. The molecule has 0 amide bonds. The third kappa shape index (κ3) is 3.84. The van der Waals surface area contributed by atoms with E-state index in [1.54, 1.807) is 23.3 Å². The minimum absolute atomic E-state index is 0.0862. The molecule has 0 saturated carbocycles. The second kappa shape index (κ2) is 7.90. The van der Waals surface area contributed by atoms with Gasteiger partial charge in [-0.25, -0.2) is 4.79 Å². The molecule has 0 aliphatic rings. The Kier molecular flexibility index (Phi) is 5.20. The molecule has 0 bridgehead atoms. The van der Waals surface area contributed by atoms with Crippen molar-refractivity contribution in [3.8, 4) is 17.3 Å². The topological polar surface area (TPSA) is 80.8 Å². The summed E-state index contributed by atoms with van der Waals surface area (Å²) in [4.78, 5) is 15.9. The number of nitriles is 1. The van der Waals surface area contributed by atoms with E-state index in [0.717, 1.165) is 11.1 Å². The lowest BCUT2D eigenvalue weighted by atomic mass is 10.1. The van der Waals surface area contributed by atoms with Crippen molar-refractivity contribution >= 4 is 12.0 Å². The van der Waals surface area contributed by atoms with Crippen LogP contribution in [0.4, 0.5) is 0 Å². The molecule has 2 aromatic heterocycles. The first-order valence-electron chi connectivity index (χ1n) is 7.93. The predicted octanol–water partition coefficient (Wildman–Crippen LogP) is 3.07. The second-order valence-electron chi connectivity index (χ2n) is 5.52. The predicted molar refractivity (Wildman–Crippen MR) is 96.6 cm³/mol. The summed E-state index contributed by atoms with van der Waals surface area (Å²) in [5.41, 5.74) is 3.10. The van der Waals surface area contributed by atoms with Crippen molar-refractivity contribution in [1.29, 1.82) is 5.26 Å². The van der Waals surface area contributed by atoms with Gasteiger partial charge in [-0.1, -0.05) is 30.3 Å². The van der Waals surface area contributed by atoms with Crippen molar-refractivity contribution in [3.05, 3.63) is 77.8 Å². The Morgan fingerprint density at radius 1 is 1.27 bits per heavy atom. The first kappa shape index (κ1) is 17.1. The maximum absolute atomic E-state index is 11.7. The van der Waals surface area contributed by atoms with Gasteiger partial charge < -0.3 is 4.74 Å². The summed E-state index contributed by atoms with van der Waals surface area (Å²) in [5.74, 6) is -0.680. The zero-order valence-electron chi connectivity index (χ0n) is 14.2. The number of pyridine rings is 1. The Labute approximate surface area is 151 Å². The third-order valence-corrected chi connectivity index (χ3v) is 3.74. The van der Waals surface area contributed by atoms with Crippen molar-refractivity contribution in [2.45, 2.75) is 6.54 Å². The van der Waals surface area contributed by atoms with Gasteiger partial charge in [0.15, 0.2) is 0 Å². The first-order chi connectivity index (χ1) is 12.7. The van der Waals surface area contributed by atoms with Gasteiger partial charge in [0.1, 0.15) is 17.3 Å². The van der Waals surface area contributed by atoms with Crippen LogP contribution in [-0.2, 0) is 16.1 Å². The van der Waals surface area contributed by atoms with E-state index in [4.69, 9.17) is 0 Å². The molecule has 6 heteroatoms. The lowest BCUT2D eigenvalue weighted by Crippen LogP contribution is -2.02. The molecule has 6 nitrogen and oxygen atoms in total. The second-order valence-corrected chi connectivity index (χ2v) is 5.52. The molecule has 0 spiro atoms. The van der Waals surface area contributed by atoms with Crippen molar-refractivity contribution in [2.75, 3.05) is 7.11 Å². The molecule has 0 aliphatic carbocycles. The van der Waals surface area contributed by atoms with Gasteiger partial charge in [0.05, 0.1) is 13.7 Å². The Morgan fingerprint density at radius 3 is 2.73 bits per heavy atom. The maximum atomic E-state index is 11.7. The van der Waals surface area contributed by atoms with Crippen molar-refractivity contribution < 1.29 is 9.53 Å². The molecule has 0 saturated heterocycles. The number of hydrogen-bond donors (Lipinski definition) is 0. The number of methoxy groups -OCH3 is 1. The van der Waals surface area contributed by atoms with Crippen LogP contribution >= 0.6 is 0 Å². The number of carbonyl (C=O) groups excluding carboxylic acids is 1. The maximum Gasteiger partial charge on any atom is 0.348 e. The van der Waals surface area contributed by atoms with Crippen molar-refractivity contribution in [3.63, 3.8) is 0 Å². The van der Waals surface area contributed by atoms with Crippen LogP contribution < -0.4 is 0 Å². The first-order valence-corrected chi connectivity index (χ1v) is 7.93. The number of ether oxygens (including phenoxy) is 1. The Morgan fingerprint density at radius 2 is 2.08 bits per heavy atom. The van der Waals surface area contributed by atoms with E-state index in [0.29, 0.717) is 17.8 Å². The van der Waals surface area contributed by atoms with E-state index in [1.807, 2.05) is 48.5 Å². The minimum Gasteiger partial charge on any atom is -0.465 e. The van der Waals surface area contributed by atoms with Gasteiger partial charge in [-0.05, 0) is 23.8 Å². The molecule has 0 N–H and O–H groups in total. The lowest BCUT2D eigenvalue weighted by molar-refractivity contribution is -0.135. The van der Waals surface area contributed by atoms with Crippen molar-refractivity contribution in [2.24, 2.45) is 0 Å². The van der Waals surface area contributed by atoms with Crippen molar-refractivity contribution in [1.82, 2.24) is 14.8 Å². The summed E-state index contributed by atoms with van der Waals surface area (Å²) < 4.78 is 6.43. The highest BCUT2D eigenvalue weighted by molar-refractivity contribution is 5.98. The van der Waals surface area contributed by atoms with Crippen LogP contribution in [-0.4, -0.2) is 27.8 Å². The molecule has 26 heavy (non-hydrogen) atoms. The molecule has 0 aliphatic heterocycles. The SMILES string of the molecule is COC(=O)/C(C#N)=C/c1cn(Cc2ccccc2)nc1-c1cccnc1. The summed E-state index contributed by atoms with van der Waals surface area (Å²) in [6.45, 7) is 0.571. The monoisotopic (exact) mass is 344 g/mol. The third-order valence-electron chi connectivity index (χ3n) is 3.74. The average molecular weight is 344 g/mol.